The molecule has 1 aliphatic heterocycles. The van der Waals surface area contributed by atoms with E-state index in [-0.39, 0.29) is 0 Å². The van der Waals surface area contributed by atoms with Crippen LogP contribution in [0.15, 0.2) is 0 Å². The molecule has 1 fully saturated rings. The van der Waals surface area contributed by atoms with E-state index in [2.05, 4.69) is 4.74 Å². The van der Waals surface area contributed by atoms with Crippen LogP contribution in [0.25, 0.3) is 0 Å². The molecule has 5 nitrogen and oxygen atoms in total. The first-order chi connectivity index (χ1) is 7.35. The number of hydrogen-bond acceptors (Lipinski definition) is 5. The number of carbonyl (C=O) groups excluding carboxylic acids is 2. The third-order valence-electron chi connectivity index (χ3n) is 1.98. The van der Waals surface area contributed by atoms with Crippen molar-refractivity contribution >= 4 is 23.8 Å². The Balaban J connectivity index is 2.65. The predicted octanol–water partition coefficient (Wildman–Crippen LogP) is 1.47. The lowest BCUT2D eigenvalue weighted by Crippen LogP contribution is -2.44. The van der Waals surface area contributed by atoms with Crippen LogP contribution in [0.2, 0.25) is 0 Å². The number of carbonyl (C=O) groups is 2. The Morgan fingerprint density at radius 1 is 1.38 bits per heavy atom. The first-order valence-corrected chi connectivity index (χ1v) is 6.16. The molecule has 0 aromatic carbocycles. The average molecular weight is 247 g/mol. The van der Waals surface area contributed by atoms with Gasteiger partial charge >= 0.3 is 12.1 Å². The number of methoxy groups -OCH3 is 1. The van der Waals surface area contributed by atoms with Crippen molar-refractivity contribution in [3.63, 3.8) is 0 Å². The van der Waals surface area contributed by atoms with Gasteiger partial charge in [0.1, 0.15) is 11.6 Å². The number of nitrogens with zero attached hydrogens (tertiary/aromatic N) is 1. The molecular weight excluding hydrogens is 230 g/mol. The van der Waals surface area contributed by atoms with E-state index >= 15 is 0 Å². The Kier molecular flexibility index (Phi) is 4.07. The largest absolute Gasteiger partial charge is 0.467 e. The smallest absolute Gasteiger partial charge is 0.411 e. The van der Waals surface area contributed by atoms with Gasteiger partial charge in [0, 0.05) is 5.75 Å². The summed E-state index contributed by atoms with van der Waals surface area (Å²) < 4.78 is 9.86. The third kappa shape index (κ3) is 3.30. The minimum atomic E-state index is -0.551. The van der Waals surface area contributed by atoms with E-state index in [0.29, 0.717) is 11.6 Å². The lowest BCUT2D eigenvalue weighted by Gasteiger charge is -2.26. The number of thioether (sulfide) groups is 1. The van der Waals surface area contributed by atoms with Crippen molar-refractivity contribution in [3.8, 4) is 0 Å². The van der Waals surface area contributed by atoms with Gasteiger partial charge in [-0.25, -0.2) is 9.59 Å². The summed E-state index contributed by atoms with van der Waals surface area (Å²) in [4.78, 5) is 24.6. The highest BCUT2D eigenvalue weighted by atomic mass is 32.2. The molecule has 0 bridgehead atoms. The van der Waals surface area contributed by atoms with Crippen LogP contribution in [0.1, 0.15) is 20.8 Å². The normalized spacial score (nSPS) is 20.8. The molecular formula is C10H17NO4S. The van der Waals surface area contributed by atoms with Crippen LogP contribution in [0.4, 0.5) is 4.79 Å². The van der Waals surface area contributed by atoms with Crippen molar-refractivity contribution in [2.24, 2.45) is 0 Å². The molecule has 6 heteroatoms. The Bertz CT molecular complexity index is 287. The SMILES string of the molecule is COC(=O)[C@@H]1CSCN1C(=O)OC(C)(C)C. The highest BCUT2D eigenvalue weighted by Gasteiger charge is 2.37. The van der Waals surface area contributed by atoms with Crippen LogP contribution in [-0.4, -0.2) is 47.3 Å². The van der Waals surface area contributed by atoms with E-state index in [0.717, 1.165) is 0 Å². The standard InChI is InChI=1S/C10H17NO4S/c1-10(2,3)15-9(13)11-6-16-5-7(11)8(12)14-4/h7H,5-6H2,1-4H3/t7-/m0/s1. The Morgan fingerprint density at radius 3 is 2.50 bits per heavy atom. The first-order valence-electron chi connectivity index (χ1n) is 5.00. The van der Waals surface area contributed by atoms with Crippen molar-refractivity contribution in [1.29, 1.82) is 0 Å². The Labute approximate surface area is 99.5 Å². The topological polar surface area (TPSA) is 55.8 Å². The quantitative estimate of drug-likeness (QED) is 0.657. The van der Waals surface area contributed by atoms with E-state index in [1.807, 2.05) is 0 Å². The molecule has 1 aliphatic rings. The summed E-state index contributed by atoms with van der Waals surface area (Å²) in [6, 6.07) is -0.523. The van der Waals surface area contributed by atoms with Gasteiger partial charge in [-0.15, -0.1) is 11.8 Å². The molecule has 0 saturated carbocycles. The van der Waals surface area contributed by atoms with Crippen molar-refractivity contribution < 1.29 is 19.1 Å². The number of rotatable bonds is 1. The first kappa shape index (κ1) is 13.2. The zero-order chi connectivity index (χ0) is 12.3. The van der Waals surface area contributed by atoms with Gasteiger partial charge in [-0.3, -0.25) is 4.90 Å². The van der Waals surface area contributed by atoms with Crippen molar-refractivity contribution in [1.82, 2.24) is 4.90 Å². The Morgan fingerprint density at radius 2 is 2.00 bits per heavy atom. The summed E-state index contributed by atoms with van der Waals surface area (Å²) in [5.74, 6) is 0.636. The van der Waals surface area contributed by atoms with Crippen LogP contribution in [-0.2, 0) is 14.3 Å². The van der Waals surface area contributed by atoms with Gasteiger partial charge in [-0.1, -0.05) is 0 Å². The average Bonchev–Trinajstić information content (AvgIpc) is 2.62. The highest BCUT2D eigenvalue weighted by molar-refractivity contribution is 7.99. The summed E-state index contributed by atoms with van der Waals surface area (Å²) in [7, 11) is 1.32. The second kappa shape index (κ2) is 4.95. The minimum absolute atomic E-state index is 0.393. The molecule has 0 radical (unpaired) electrons. The predicted molar refractivity (Wildman–Crippen MR) is 61.2 cm³/mol. The van der Waals surface area contributed by atoms with E-state index in [4.69, 9.17) is 4.74 Å². The zero-order valence-corrected chi connectivity index (χ0v) is 10.8. The van der Waals surface area contributed by atoms with E-state index < -0.39 is 23.7 Å². The number of amides is 1. The molecule has 92 valence electrons. The fraction of sp³-hybridized carbons (Fsp3) is 0.800. The third-order valence-corrected chi connectivity index (χ3v) is 3.00. The minimum Gasteiger partial charge on any atom is -0.467 e. The molecule has 0 aromatic heterocycles. The molecule has 0 spiro atoms. The number of ether oxygens (including phenoxy) is 2. The molecule has 0 unspecified atom stereocenters. The van der Waals surface area contributed by atoms with E-state index in [1.165, 1.54) is 23.8 Å². The molecule has 16 heavy (non-hydrogen) atoms. The summed E-state index contributed by atoms with van der Waals surface area (Å²) in [6.07, 6.45) is -0.465. The van der Waals surface area contributed by atoms with Gasteiger partial charge in [0.2, 0.25) is 0 Å². The molecule has 1 atom stereocenters. The van der Waals surface area contributed by atoms with Crippen molar-refractivity contribution in [3.05, 3.63) is 0 Å². The maximum absolute atomic E-state index is 11.8. The van der Waals surface area contributed by atoms with Gasteiger partial charge < -0.3 is 9.47 Å². The van der Waals surface area contributed by atoms with Crippen LogP contribution in [0, 0.1) is 0 Å². The highest BCUT2D eigenvalue weighted by Crippen LogP contribution is 2.24. The maximum atomic E-state index is 11.8. The second-order valence-corrected chi connectivity index (χ2v) is 5.49. The van der Waals surface area contributed by atoms with Crippen molar-refractivity contribution in [2.45, 2.75) is 32.4 Å². The lowest BCUT2D eigenvalue weighted by molar-refractivity contribution is -0.145. The molecule has 0 aromatic rings. The monoisotopic (exact) mass is 247 g/mol. The van der Waals surface area contributed by atoms with Crippen LogP contribution < -0.4 is 0 Å². The fourth-order valence-electron chi connectivity index (χ4n) is 1.27. The van der Waals surface area contributed by atoms with Crippen LogP contribution in [0.3, 0.4) is 0 Å². The molecule has 1 heterocycles. The van der Waals surface area contributed by atoms with Crippen LogP contribution in [0.5, 0.6) is 0 Å². The molecule has 1 amide bonds. The lowest BCUT2D eigenvalue weighted by atomic mass is 10.2. The molecule has 0 aliphatic carbocycles. The molecule has 1 saturated heterocycles. The van der Waals surface area contributed by atoms with Gasteiger partial charge in [-0.2, -0.15) is 0 Å². The second-order valence-electron chi connectivity index (χ2n) is 4.49. The van der Waals surface area contributed by atoms with Gasteiger partial charge in [-0.05, 0) is 20.8 Å². The van der Waals surface area contributed by atoms with E-state index in [9.17, 15) is 9.59 Å². The maximum Gasteiger partial charge on any atom is 0.411 e. The summed E-state index contributed by atoms with van der Waals surface area (Å²) in [6.45, 7) is 5.38. The number of esters is 1. The Hall–Kier alpha value is -0.910. The van der Waals surface area contributed by atoms with Crippen molar-refractivity contribution in [2.75, 3.05) is 18.7 Å². The van der Waals surface area contributed by atoms with Crippen LogP contribution >= 0.6 is 11.8 Å². The molecule has 1 rings (SSSR count). The summed E-state index contributed by atoms with van der Waals surface area (Å²) in [5.41, 5.74) is -0.551. The zero-order valence-electron chi connectivity index (χ0n) is 9.98. The van der Waals surface area contributed by atoms with Gasteiger partial charge in [0.15, 0.2) is 0 Å². The fourth-order valence-corrected chi connectivity index (χ4v) is 2.40. The summed E-state index contributed by atoms with van der Waals surface area (Å²) >= 11 is 1.51. The molecule has 0 N–H and O–H groups in total. The van der Waals surface area contributed by atoms with E-state index in [1.54, 1.807) is 20.8 Å². The van der Waals surface area contributed by atoms with Gasteiger partial charge in [0.05, 0.1) is 13.0 Å². The van der Waals surface area contributed by atoms with Gasteiger partial charge in [0.25, 0.3) is 0 Å². The number of hydrogen-bond donors (Lipinski definition) is 0. The summed E-state index contributed by atoms with van der Waals surface area (Å²) in [5, 5.41) is 0.